The molecule has 214 valence electrons. The van der Waals surface area contributed by atoms with Crippen LogP contribution in [0.3, 0.4) is 0 Å². The van der Waals surface area contributed by atoms with E-state index in [9.17, 15) is 14.4 Å². The Morgan fingerprint density at radius 2 is 1.38 bits per heavy atom. The molecule has 1 unspecified atom stereocenters. The number of carbonyl (C=O) groups is 3. The van der Waals surface area contributed by atoms with Gasteiger partial charge in [0.25, 0.3) is 0 Å². The highest BCUT2D eigenvalue weighted by molar-refractivity contribution is 6.45. The summed E-state index contributed by atoms with van der Waals surface area (Å²) in [7, 11) is -0.300. The lowest BCUT2D eigenvalue weighted by Crippen LogP contribution is -2.61. The lowest BCUT2D eigenvalue weighted by atomic mass is 9.79. The first-order chi connectivity index (χ1) is 16.7. The van der Waals surface area contributed by atoms with Crippen LogP contribution in [-0.2, 0) is 23.6 Å². The Balaban J connectivity index is 2.91. The van der Waals surface area contributed by atoms with Gasteiger partial charge in [-0.2, -0.15) is 0 Å². The summed E-state index contributed by atoms with van der Waals surface area (Å²) >= 11 is 0. The van der Waals surface area contributed by atoms with Crippen molar-refractivity contribution in [1.29, 1.82) is 0 Å². The Bertz CT molecular complexity index is 772. The van der Waals surface area contributed by atoms with Gasteiger partial charge in [0, 0.05) is 18.5 Å². The predicted molar refractivity (Wildman–Crippen MR) is 147 cm³/mol. The first kappa shape index (κ1) is 33.2. The highest BCUT2D eigenvalue weighted by Gasteiger charge is 2.50. The summed E-state index contributed by atoms with van der Waals surface area (Å²) in [5.41, 5.74) is -2.91. The van der Waals surface area contributed by atoms with Crippen LogP contribution in [0.2, 0.25) is 6.32 Å². The van der Waals surface area contributed by atoms with E-state index >= 15 is 0 Å². The summed E-state index contributed by atoms with van der Waals surface area (Å²) in [4.78, 5) is 38.2. The number of amides is 3. The molecular formula is C27H52BN3O6. The molecule has 1 aliphatic heterocycles. The third-order valence-electron chi connectivity index (χ3n) is 6.67. The molecule has 9 nitrogen and oxygen atoms in total. The maximum atomic E-state index is 13.6. The minimum absolute atomic E-state index is 0.185. The van der Waals surface area contributed by atoms with E-state index in [0.29, 0.717) is 38.5 Å². The molecule has 0 aliphatic carbocycles. The molecule has 1 fully saturated rings. The van der Waals surface area contributed by atoms with Gasteiger partial charge in [0.1, 0.15) is 11.1 Å². The van der Waals surface area contributed by atoms with Gasteiger partial charge in [-0.3, -0.25) is 9.59 Å². The molecule has 1 saturated heterocycles. The molecule has 0 bridgehead atoms. The Hall–Kier alpha value is -1.81. The van der Waals surface area contributed by atoms with Crippen LogP contribution in [0, 0.1) is 0 Å². The number of hydrogen-bond donors (Lipinski definition) is 3. The molecule has 37 heavy (non-hydrogen) atoms. The van der Waals surface area contributed by atoms with E-state index < -0.39 is 22.8 Å². The molecule has 0 aromatic carbocycles. The second-order valence-corrected chi connectivity index (χ2v) is 13.2. The van der Waals surface area contributed by atoms with Gasteiger partial charge < -0.3 is 30.0 Å². The summed E-state index contributed by atoms with van der Waals surface area (Å²) in [5.74, 6) is -0.398. The van der Waals surface area contributed by atoms with Crippen LogP contribution in [0.5, 0.6) is 0 Å². The largest absolute Gasteiger partial charge is 0.457 e. The normalized spacial score (nSPS) is 18.6. The lowest BCUT2D eigenvalue weighted by molar-refractivity contribution is -0.135. The van der Waals surface area contributed by atoms with Crippen molar-refractivity contribution in [3.8, 4) is 0 Å². The second-order valence-electron chi connectivity index (χ2n) is 13.2. The van der Waals surface area contributed by atoms with E-state index in [1.54, 1.807) is 27.7 Å². The molecule has 3 amide bonds. The van der Waals surface area contributed by atoms with Crippen LogP contribution in [0.15, 0.2) is 0 Å². The minimum atomic E-state index is -1.09. The second kappa shape index (κ2) is 12.8. The Labute approximate surface area is 225 Å². The zero-order valence-corrected chi connectivity index (χ0v) is 25.2. The number of hydrogen-bond acceptors (Lipinski definition) is 6. The van der Waals surface area contributed by atoms with E-state index in [4.69, 9.17) is 14.0 Å². The maximum absolute atomic E-state index is 13.6. The van der Waals surface area contributed by atoms with Crippen molar-refractivity contribution in [2.24, 2.45) is 0 Å². The van der Waals surface area contributed by atoms with Gasteiger partial charge in [-0.1, -0.05) is 19.8 Å². The van der Waals surface area contributed by atoms with Gasteiger partial charge >= 0.3 is 13.2 Å². The Morgan fingerprint density at radius 1 is 0.838 bits per heavy atom. The van der Waals surface area contributed by atoms with E-state index in [0.717, 1.165) is 6.42 Å². The van der Waals surface area contributed by atoms with Crippen LogP contribution in [0.25, 0.3) is 0 Å². The van der Waals surface area contributed by atoms with Gasteiger partial charge in [0.05, 0.1) is 11.2 Å². The fourth-order valence-corrected chi connectivity index (χ4v) is 4.06. The fourth-order valence-electron chi connectivity index (χ4n) is 4.06. The smallest absolute Gasteiger partial charge is 0.444 e. The molecular weight excluding hydrogens is 473 g/mol. The number of rotatable bonds is 12. The van der Waals surface area contributed by atoms with Gasteiger partial charge in [0.15, 0.2) is 0 Å². The van der Waals surface area contributed by atoms with Crippen molar-refractivity contribution in [3.63, 3.8) is 0 Å². The quantitative estimate of drug-likeness (QED) is 0.251. The Kier molecular flexibility index (Phi) is 11.5. The van der Waals surface area contributed by atoms with Crippen molar-refractivity contribution in [1.82, 2.24) is 16.0 Å². The number of carbonyl (C=O) groups excluding carboxylic acids is 3. The highest BCUT2D eigenvalue weighted by Crippen LogP contribution is 2.38. The molecule has 0 saturated carbocycles. The molecule has 0 aromatic heterocycles. The van der Waals surface area contributed by atoms with E-state index in [-0.39, 0.29) is 36.6 Å². The van der Waals surface area contributed by atoms with Crippen molar-refractivity contribution >= 4 is 25.0 Å². The average Bonchev–Trinajstić information content (AvgIpc) is 2.91. The highest BCUT2D eigenvalue weighted by atomic mass is 16.7. The SMILES string of the molecule is CCC(=O)NC(CCCCB1OC(C)(C)C(C)(C)O1)(CCCNC(=O)OC(C)(C)C)C(=O)NC(C)(C)C. The summed E-state index contributed by atoms with van der Waals surface area (Å²) in [6.07, 6.45) is 3.29. The summed E-state index contributed by atoms with van der Waals surface area (Å²) in [6.45, 7) is 21.4. The molecule has 1 heterocycles. The zero-order chi connectivity index (χ0) is 28.7. The molecule has 10 heteroatoms. The lowest BCUT2D eigenvalue weighted by Gasteiger charge is -2.36. The van der Waals surface area contributed by atoms with Crippen LogP contribution in [0.4, 0.5) is 4.79 Å². The monoisotopic (exact) mass is 525 g/mol. The van der Waals surface area contributed by atoms with E-state index in [1.807, 2.05) is 48.5 Å². The van der Waals surface area contributed by atoms with E-state index in [2.05, 4.69) is 16.0 Å². The summed E-state index contributed by atoms with van der Waals surface area (Å²) in [5, 5.41) is 8.83. The van der Waals surface area contributed by atoms with Gasteiger partial charge in [-0.25, -0.2) is 4.79 Å². The Morgan fingerprint density at radius 3 is 1.86 bits per heavy atom. The fraction of sp³-hybridized carbons (Fsp3) is 0.889. The van der Waals surface area contributed by atoms with Gasteiger partial charge in [-0.15, -0.1) is 0 Å². The van der Waals surface area contributed by atoms with Crippen LogP contribution < -0.4 is 16.0 Å². The first-order valence-corrected chi connectivity index (χ1v) is 13.7. The summed E-state index contributed by atoms with van der Waals surface area (Å²) < 4.78 is 17.5. The van der Waals surface area contributed by atoms with Crippen LogP contribution in [0.1, 0.15) is 115 Å². The standard InChI is InChI=1S/C27H52BN3O6/c1-12-20(32)30-27(21(33)31-23(2,3)4,17-15-19-29-22(34)35-24(5,6)7)16-13-14-18-28-36-25(8,9)26(10,11)37-28/h12-19H2,1-11H3,(H,29,34)(H,30,32)(H,31,33). The number of ether oxygens (including phenoxy) is 1. The average molecular weight is 526 g/mol. The number of unbranched alkanes of at least 4 members (excludes halogenated alkanes) is 1. The molecule has 0 aromatic rings. The molecule has 0 spiro atoms. The molecule has 1 rings (SSSR count). The molecule has 1 atom stereocenters. The van der Waals surface area contributed by atoms with Gasteiger partial charge in [-0.05, 0) is 94.8 Å². The first-order valence-electron chi connectivity index (χ1n) is 13.7. The number of nitrogens with one attached hydrogen (secondary N) is 3. The molecule has 3 N–H and O–H groups in total. The van der Waals surface area contributed by atoms with Crippen molar-refractivity contribution in [2.45, 2.75) is 149 Å². The van der Waals surface area contributed by atoms with Crippen LogP contribution in [-0.4, -0.2) is 59.5 Å². The van der Waals surface area contributed by atoms with Crippen molar-refractivity contribution in [2.75, 3.05) is 6.54 Å². The zero-order valence-electron chi connectivity index (χ0n) is 25.2. The third-order valence-corrected chi connectivity index (χ3v) is 6.67. The topological polar surface area (TPSA) is 115 Å². The predicted octanol–water partition coefficient (Wildman–Crippen LogP) is 4.73. The summed E-state index contributed by atoms with van der Waals surface area (Å²) in [6, 6.07) is 0. The number of alkyl carbamates (subject to hydrolysis) is 1. The third kappa shape index (κ3) is 11.2. The van der Waals surface area contributed by atoms with E-state index in [1.165, 1.54) is 0 Å². The maximum Gasteiger partial charge on any atom is 0.457 e. The molecule has 0 radical (unpaired) electrons. The van der Waals surface area contributed by atoms with Crippen molar-refractivity contribution < 1.29 is 28.4 Å². The molecule has 1 aliphatic rings. The minimum Gasteiger partial charge on any atom is -0.444 e. The van der Waals surface area contributed by atoms with Gasteiger partial charge in [0.2, 0.25) is 11.8 Å². The van der Waals surface area contributed by atoms with Crippen molar-refractivity contribution in [3.05, 3.63) is 0 Å². The van der Waals surface area contributed by atoms with Crippen LogP contribution >= 0.6 is 0 Å².